The quantitative estimate of drug-likeness (QED) is 0.807. The first-order valence-corrected chi connectivity index (χ1v) is 8.85. The zero-order valence-electron chi connectivity index (χ0n) is 14.6. The van der Waals surface area contributed by atoms with E-state index >= 15 is 0 Å². The number of ether oxygens (including phenoxy) is 1. The van der Waals surface area contributed by atoms with Gasteiger partial charge in [0.2, 0.25) is 5.95 Å². The van der Waals surface area contributed by atoms with Gasteiger partial charge in [-0.3, -0.25) is 0 Å². The molecule has 0 radical (unpaired) electrons. The highest BCUT2D eigenvalue weighted by Crippen LogP contribution is 2.19. The average Bonchev–Trinajstić information content (AvgIpc) is 2.75. The van der Waals surface area contributed by atoms with E-state index in [0.717, 1.165) is 70.1 Å². The van der Waals surface area contributed by atoms with Crippen LogP contribution in [0.4, 0.5) is 17.6 Å². The van der Waals surface area contributed by atoms with Crippen molar-refractivity contribution in [2.45, 2.75) is 0 Å². The summed E-state index contributed by atoms with van der Waals surface area (Å²) in [6.07, 6.45) is 3.46. The molecule has 0 saturated carbocycles. The zero-order chi connectivity index (χ0) is 17.8. The van der Waals surface area contributed by atoms with Crippen molar-refractivity contribution in [1.29, 1.82) is 5.26 Å². The van der Waals surface area contributed by atoms with Crippen LogP contribution in [0.2, 0.25) is 0 Å². The lowest BCUT2D eigenvalue weighted by Gasteiger charge is -2.36. The van der Waals surface area contributed by atoms with Crippen LogP contribution in [-0.4, -0.2) is 67.4 Å². The number of morpholine rings is 1. The molecular weight excluding hydrogens is 330 g/mol. The van der Waals surface area contributed by atoms with E-state index < -0.39 is 0 Å². The summed E-state index contributed by atoms with van der Waals surface area (Å²) in [5.74, 6) is 2.66. The number of aromatic nitrogens is 3. The molecule has 0 N–H and O–H groups in total. The van der Waals surface area contributed by atoms with Crippen LogP contribution in [0.5, 0.6) is 0 Å². The van der Waals surface area contributed by atoms with Crippen molar-refractivity contribution in [3.05, 3.63) is 36.2 Å². The molecule has 2 aliphatic heterocycles. The third kappa shape index (κ3) is 3.53. The van der Waals surface area contributed by atoms with E-state index in [9.17, 15) is 0 Å². The molecule has 2 fully saturated rings. The number of piperazine rings is 1. The molecule has 2 aromatic rings. The summed E-state index contributed by atoms with van der Waals surface area (Å²) in [6, 6.07) is 7.78. The molecule has 8 nitrogen and oxygen atoms in total. The van der Waals surface area contributed by atoms with Crippen molar-refractivity contribution in [3.63, 3.8) is 0 Å². The molecule has 0 aromatic carbocycles. The van der Waals surface area contributed by atoms with E-state index in [1.54, 1.807) is 6.20 Å². The minimum Gasteiger partial charge on any atom is -0.378 e. The normalized spacial score (nSPS) is 17.9. The smallest absolute Gasteiger partial charge is 0.227 e. The highest BCUT2D eigenvalue weighted by atomic mass is 16.5. The Morgan fingerprint density at radius 3 is 2.27 bits per heavy atom. The van der Waals surface area contributed by atoms with Gasteiger partial charge in [0.05, 0.1) is 18.8 Å². The van der Waals surface area contributed by atoms with Crippen LogP contribution in [0.25, 0.3) is 0 Å². The lowest BCUT2D eigenvalue weighted by Crippen LogP contribution is -2.47. The summed E-state index contributed by atoms with van der Waals surface area (Å²) in [4.78, 5) is 20.3. The predicted octanol–water partition coefficient (Wildman–Crippen LogP) is 0.906. The fraction of sp³-hybridized carbons (Fsp3) is 0.444. The van der Waals surface area contributed by atoms with Gasteiger partial charge in [-0.2, -0.15) is 10.2 Å². The fourth-order valence-corrected chi connectivity index (χ4v) is 3.23. The second kappa shape index (κ2) is 7.54. The van der Waals surface area contributed by atoms with Crippen LogP contribution in [0.3, 0.4) is 0 Å². The highest BCUT2D eigenvalue weighted by molar-refractivity contribution is 5.47. The van der Waals surface area contributed by atoms with E-state index in [-0.39, 0.29) is 0 Å². The molecule has 0 bridgehead atoms. The van der Waals surface area contributed by atoms with Gasteiger partial charge in [-0.05, 0) is 18.2 Å². The summed E-state index contributed by atoms with van der Waals surface area (Å²) in [7, 11) is 0. The number of hydrogen-bond donors (Lipinski definition) is 0. The number of rotatable bonds is 3. The first-order valence-electron chi connectivity index (χ1n) is 8.85. The fourth-order valence-electron chi connectivity index (χ4n) is 3.23. The molecule has 2 aromatic heterocycles. The van der Waals surface area contributed by atoms with Crippen molar-refractivity contribution in [3.8, 4) is 6.07 Å². The Morgan fingerprint density at radius 1 is 0.846 bits per heavy atom. The third-order valence-corrected chi connectivity index (χ3v) is 4.73. The first kappa shape index (κ1) is 16.5. The summed E-state index contributed by atoms with van der Waals surface area (Å²) >= 11 is 0. The van der Waals surface area contributed by atoms with Crippen molar-refractivity contribution < 1.29 is 4.74 Å². The van der Waals surface area contributed by atoms with Crippen molar-refractivity contribution in [2.24, 2.45) is 0 Å². The molecule has 0 amide bonds. The van der Waals surface area contributed by atoms with Gasteiger partial charge in [0, 0.05) is 51.7 Å². The molecule has 2 aliphatic rings. The molecule has 4 rings (SSSR count). The van der Waals surface area contributed by atoms with E-state index in [4.69, 9.17) is 15.0 Å². The average molecular weight is 351 g/mol. The molecule has 26 heavy (non-hydrogen) atoms. The van der Waals surface area contributed by atoms with Crippen molar-refractivity contribution >= 4 is 17.6 Å². The Kier molecular flexibility index (Phi) is 4.80. The summed E-state index contributed by atoms with van der Waals surface area (Å²) < 4.78 is 5.41. The van der Waals surface area contributed by atoms with Crippen LogP contribution in [-0.2, 0) is 4.74 Å². The van der Waals surface area contributed by atoms with Crippen LogP contribution in [0, 0.1) is 11.3 Å². The maximum Gasteiger partial charge on any atom is 0.227 e. The van der Waals surface area contributed by atoms with Crippen LogP contribution < -0.4 is 14.7 Å². The van der Waals surface area contributed by atoms with E-state index in [2.05, 4.69) is 30.7 Å². The van der Waals surface area contributed by atoms with Gasteiger partial charge in [-0.15, -0.1) is 0 Å². The number of nitriles is 1. The minimum absolute atomic E-state index is 0.584. The maximum atomic E-state index is 8.88. The first-order chi connectivity index (χ1) is 12.8. The monoisotopic (exact) mass is 351 g/mol. The second-order valence-electron chi connectivity index (χ2n) is 6.31. The molecule has 8 heteroatoms. The molecule has 0 atom stereocenters. The Labute approximate surface area is 152 Å². The summed E-state index contributed by atoms with van der Waals surface area (Å²) in [5, 5.41) is 8.88. The Bertz CT molecular complexity index is 775. The summed E-state index contributed by atoms with van der Waals surface area (Å²) in [5.41, 5.74) is 0.584. The van der Waals surface area contributed by atoms with Crippen LogP contribution >= 0.6 is 0 Å². The van der Waals surface area contributed by atoms with E-state index in [0.29, 0.717) is 5.56 Å². The third-order valence-electron chi connectivity index (χ3n) is 4.73. The maximum absolute atomic E-state index is 8.88. The van der Waals surface area contributed by atoms with Gasteiger partial charge in [0.1, 0.15) is 17.7 Å². The van der Waals surface area contributed by atoms with Crippen molar-refractivity contribution in [2.75, 3.05) is 67.2 Å². The minimum atomic E-state index is 0.584. The summed E-state index contributed by atoms with van der Waals surface area (Å²) in [6.45, 7) is 6.62. The number of nitrogens with zero attached hydrogens (tertiary/aromatic N) is 7. The van der Waals surface area contributed by atoms with Gasteiger partial charge in [0.25, 0.3) is 0 Å². The van der Waals surface area contributed by atoms with E-state index in [1.165, 1.54) is 0 Å². The lowest BCUT2D eigenvalue weighted by molar-refractivity contribution is 0.122. The topological polar surface area (TPSA) is 81.4 Å². The Balaban J connectivity index is 1.40. The Morgan fingerprint density at radius 2 is 1.58 bits per heavy atom. The van der Waals surface area contributed by atoms with Gasteiger partial charge < -0.3 is 19.4 Å². The highest BCUT2D eigenvalue weighted by Gasteiger charge is 2.21. The lowest BCUT2D eigenvalue weighted by atomic mass is 10.2. The van der Waals surface area contributed by atoms with Gasteiger partial charge in [-0.1, -0.05) is 0 Å². The molecular formula is C18H21N7O. The predicted molar refractivity (Wildman–Crippen MR) is 98.4 cm³/mol. The van der Waals surface area contributed by atoms with Crippen LogP contribution in [0.15, 0.2) is 30.6 Å². The molecule has 4 heterocycles. The number of hydrogen-bond acceptors (Lipinski definition) is 8. The van der Waals surface area contributed by atoms with Gasteiger partial charge >= 0.3 is 0 Å². The second-order valence-corrected chi connectivity index (χ2v) is 6.31. The zero-order valence-corrected chi connectivity index (χ0v) is 14.6. The van der Waals surface area contributed by atoms with Crippen LogP contribution in [0.1, 0.15) is 5.56 Å². The number of anilines is 3. The Hall–Kier alpha value is -2.92. The SMILES string of the molecule is N#Cc1ccc(N2CCN(c3nccc(N4CCOCC4)n3)CC2)nc1. The van der Waals surface area contributed by atoms with E-state index in [1.807, 2.05) is 24.4 Å². The molecule has 2 saturated heterocycles. The molecule has 0 aliphatic carbocycles. The standard InChI is InChI=1S/C18H21N7O/c19-13-15-1-2-16(21-14-15)23-5-7-25(8-6-23)18-20-4-3-17(22-18)24-9-11-26-12-10-24/h1-4,14H,5-12H2. The van der Waals surface area contributed by atoms with Gasteiger partial charge in [0.15, 0.2) is 0 Å². The van der Waals surface area contributed by atoms with Gasteiger partial charge in [-0.25, -0.2) is 9.97 Å². The number of pyridine rings is 1. The molecule has 134 valence electrons. The molecule has 0 spiro atoms. The largest absolute Gasteiger partial charge is 0.378 e. The molecule has 0 unspecified atom stereocenters. The van der Waals surface area contributed by atoms with Crippen molar-refractivity contribution in [1.82, 2.24) is 15.0 Å².